The van der Waals surface area contributed by atoms with Crippen molar-refractivity contribution in [3.8, 4) is 0 Å². The lowest BCUT2D eigenvalue weighted by atomic mass is 9.96. The van der Waals surface area contributed by atoms with Crippen molar-refractivity contribution in [1.82, 2.24) is 15.5 Å². The van der Waals surface area contributed by atoms with Crippen molar-refractivity contribution in [2.75, 3.05) is 13.7 Å². The zero-order valence-electron chi connectivity index (χ0n) is 14.4. The third-order valence-electron chi connectivity index (χ3n) is 4.08. The van der Waals surface area contributed by atoms with Crippen molar-refractivity contribution < 1.29 is 9.26 Å². The minimum Gasteiger partial charge on any atom is -0.370 e. The van der Waals surface area contributed by atoms with Gasteiger partial charge in [0.15, 0.2) is 0 Å². The molecule has 1 aromatic rings. The lowest BCUT2D eigenvalue weighted by Gasteiger charge is -2.25. The minimum absolute atomic E-state index is 0.378. The van der Waals surface area contributed by atoms with Gasteiger partial charge in [-0.1, -0.05) is 39.8 Å². The highest BCUT2D eigenvalue weighted by Gasteiger charge is 2.33. The first-order valence-corrected chi connectivity index (χ1v) is 8.12. The van der Waals surface area contributed by atoms with E-state index in [-0.39, 0.29) is 0 Å². The van der Waals surface area contributed by atoms with E-state index < -0.39 is 5.60 Å². The van der Waals surface area contributed by atoms with Crippen LogP contribution >= 0.6 is 0 Å². The Morgan fingerprint density at radius 2 is 1.90 bits per heavy atom. The Labute approximate surface area is 128 Å². The minimum atomic E-state index is -0.423. The van der Waals surface area contributed by atoms with Gasteiger partial charge in [-0.25, -0.2) is 0 Å². The predicted molar refractivity (Wildman–Crippen MR) is 84.2 cm³/mol. The summed E-state index contributed by atoms with van der Waals surface area (Å²) in [5.41, 5.74) is -0.423. The number of likely N-dealkylation sites (N-methyl/N-ethyl adjacent to an activating group) is 1. The average molecular weight is 297 g/mol. The summed E-state index contributed by atoms with van der Waals surface area (Å²) >= 11 is 0. The van der Waals surface area contributed by atoms with Gasteiger partial charge in [-0.05, 0) is 31.7 Å². The van der Waals surface area contributed by atoms with E-state index in [0.717, 1.165) is 32.2 Å². The van der Waals surface area contributed by atoms with Crippen LogP contribution in [-0.4, -0.2) is 29.8 Å². The van der Waals surface area contributed by atoms with Gasteiger partial charge in [-0.3, -0.25) is 0 Å². The molecule has 5 heteroatoms. The van der Waals surface area contributed by atoms with E-state index in [1.165, 1.54) is 0 Å². The van der Waals surface area contributed by atoms with Gasteiger partial charge in [0.25, 0.3) is 0 Å². The molecule has 0 aliphatic rings. The molecule has 1 heterocycles. The molecule has 21 heavy (non-hydrogen) atoms. The molecule has 1 aromatic heterocycles. The van der Waals surface area contributed by atoms with Crippen molar-refractivity contribution in [3.05, 3.63) is 11.7 Å². The Bertz CT molecular complexity index is 392. The fourth-order valence-electron chi connectivity index (χ4n) is 2.78. The van der Waals surface area contributed by atoms with Crippen LogP contribution in [-0.2, 0) is 16.8 Å². The molecular weight excluding hydrogens is 266 g/mol. The van der Waals surface area contributed by atoms with Crippen LogP contribution in [0, 0.1) is 5.92 Å². The Morgan fingerprint density at radius 1 is 1.24 bits per heavy atom. The molecule has 0 saturated carbocycles. The van der Waals surface area contributed by atoms with Crippen LogP contribution in [0.2, 0.25) is 0 Å². The van der Waals surface area contributed by atoms with E-state index >= 15 is 0 Å². The third-order valence-corrected chi connectivity index (χ3v) is 4.08. The maximum Gasteiger partial charge on any atom is 0.228 e. The molecular formula is C16H31N3O2. The standard InChI is InChI=1S/C16H31N3O2/c1-7-16(8-2,20-6)15-18-14(21-19-15)11-13(17-9-3)10-12(4)5/h12-13,17H,7-11H2,1-6H3. The highest BCUT2D eigenvalue weighted by molar-refractivity contribution is 5.01. The van der Waals surface area contributed by atoms with Crippen molar-refractivity contribution in [2.45, 2.75) is 71.9 Å². The summed E-state index contributed by atoms with van der Waals surface area (Å²) in [5, 5.41) is 7.65. The van der Waals surface area contributed by atoms with Gasteiger partial charge < -0.3 is 14.6 Å². The molecule has 1 rings (SSSR count). The zero-order chi connectivity index (χ0) is 15.9. The SMILES string of the molecule is CCNC(Cc1nc(C(CC)(CC)OC)no1)CC(C)C. The Morgan fingerprint density at radius 3 is 2.38 bits per heavy atom. The second-order valence-corrected chi connectivity index (χ2v) is 6.01. The molecule has 1 unspecified atom stereocenters. The lowest BCUT2D eigenvalue weighted by Crippen LogP contribution is -2.32. The van der Waals surface area contributed by atoms with Crippen LogP contribution in [0.5, 0.6) is 0 Å². The van der Waals surface area contributed by atoms with E-state index in [2.05, 4.69) is 50.1 Å². The predicted octanol–water partition coefficient (Wildman–Crippen LogP) is 3.30. The Kier molecular flexibility index (Phi) is 7.32. The second kappa shape index (κ2) is 8.49. The Balaban J connectivity index is 2.81. The maximum atomic E-state index is 5.65. The van der Waals surface area contributed by atoms with Crippen LogP contribution in [0.1, 0.15) is 65.6 Å². The van der Waals surface area contributed by atoms with Crippen molar-refractivity contribution >= 4 is 0 Å². The van der Waals surface area contributed by atoms with Gasteiger partial charge in [0.2, 0.25) is 11.7 Å². The molecule has 0 fully saturated rings. The monoisotopic (exact) mass is 297 g/mol. The quantitative estimate of drug-likeness (QED) is 0.718. The van der Waals surface area contributed by atoms with E-state index in [0.29, 0.717) is 23.7 Å². The van der Waals surface area contributed by atoms with Gasteiger partial charge in [0.1, 0.15) is 5.60 Å². The third kappa shape index (κ3) is 4.78. The molecule has 0 amide bonds. The summed E-state index contributed by atoms with van der Waals surface area (Å²) in [7, 11) is 1.71. The summed E-state index contributed by atoms with van der Waals surface area (Å²) in [5.74, 6) is 2.01. The molecule has 5 nitrogen and oxygen atoms in total. The number of methoxy groups -OCH3 is 1. The molecule has 0 aliphatic carbocycles. The Hall–Kier alpha value is -0.940. The number of aromatic nitrogens is 2. The van der Waals surface area contributed by atoms with Crippen LogP contribution < -0.4 is 5.32 Å². The fourth-order valence-corrected chi connectivity index (χ4v) is 2.78. The summed E-state index contributed by atoms with van der Waals surface area (Å²) in [6.07, 6.45) is 3.54. The van der Waals surface area contributed by atoms with Crippen LogP contribution in [0.4, 0.5) is 0 Å². The molecule has 122 valence electrons. The number of nitrogens with one attached hydrogen (secondary N) is 1. The number of hydrogen-bond donors (Lipinski definition) is 1. The van der Waals surface area contributed by atoms with Crippen LogP contribution in [0.25, 0.3) is 0 Å². The van der Waals surface area contributed by atoms with Crippen molar-refractivity contribution in [2.24, 2.45) is 5.92 Å². The molecule has 0 radical (unpaired) electrons. The zero-order valence-corrected chi connectivity index (χ0v) is 14.4. The molecule has 0 spiro atoms. The second-order valence-electron chi connectivity index (χ2n) is 6.01. The number of rotatable bonds is 10. The molecule has 0 saturated heterocycles. The van der Waals surface area contributed by atoms with E-state index in [1.807, 2.05) is 0 Å². The lowest BCUT2D eigenvalue weighted by molar-refractivity contribution is -0.0306. The summed E-state index contributed by atoms with van der Waals surface area (Å²) in [4.78, 5) is 4.58. The van der Waals surface area contributed by atoms with E-state index in [1.54, 1.807) is 7.11 Å². The first-order chi connectivity index (χ1) is 10.0. The average Bonchev–Trinajstić information content (AvgIpc) is 2.90. The normalized spacial score (nSPS) is 13.9. The van der Waals surface area contributed by atoms with E-state index in [9.17, 15) is 0 Å². The summed E-state index contributed by atoms with van der Waals surface area (Å²) < 4.78 is 11.1. The number of ether oxygens (including phenoxy) is 1. The summed E-state index contributed by atoms with van der Waals surface area (Å²) in [6, 6.07) is 0.378. The highest BCUT2D eigenvalue weighted by Crippen LogP contribution is 2.30. The van der Waals surface area contributed by atoms with Crippen molar-refractivity contribution in [1.29, 1.82) is 0 Å². The molecule has 1 N–H and O–H groups in total. The van der Waals surface area contributed by atoms with Gasteiger partial charge >= 0.3 is 0 Å². The van der Waals surface area contributed by atoms with Crippen molar-refractivity contribution in [3.63, 3.8) is 0 Å². The molecule has 0 aromatic carbocycles. The van der Waals surface area contributed by atoms with Gasteiger partial charge in [-0.15, -0.1) is 0 Å². The summed E-state index contributed by atoms with van der Waals surface area (Å²) in [6.45, 7) is 11.7. The topological polar surface area (TPSA) is 60.2 Å². The van der Waals surface area contributed by atoms with Gasteiger partial charge in [0, 0.05) is 19.6 Å². The van der Waals surface area contributed by atoms with Gasteiger partial charge in [0.05, 0.1) is 0 Å². The van der Waals surface area contributed by atoms with Gasteiger partial charge in [-0.2, -0.15) is 4.98 Å². The maximum absolute atomic E-state index is 5.65. The highest BCUT2D eigenvalue weighted by atomic mass is 16.5. The largest absolute Gasteiger partial charge is 0.370 e. The van der Waals surface area contributed by atoms with Crippen LogP contribution in [0.3, 0.4) is 0 Å². The number of nitrogens with zero attached hydrogens (tertiary/aromatic N) is 2. The fraction of sp³-hybridized carbons (Fsp3) is 0.875. The smallest absolute Gasteiger partial charge is 0.228 e. The molecule has 0 aliphatic heterocycles. The van der Waals surface area contributed by atoms with E-state index in [4.69, 9.17) is 9.26 Å². The first kappa shape index (κ1) is 18.1. The van der Waals surface area contributed by atoms with Crippen LogP contribution in [0.15, 0.2) is 4.52 Å². The molecule has 1 atom stereocenters. The number of hydrogen-bond acceptors (Lipinski definition) is 5. The first-order valence-electron chi connectivity index (χ1n) is 8.12. The molecule has 0 bridgehead atoms.